The monoisotopic (exact) mass is 425 g/mol. The van der Waals surface area contributed by atoms with Crippen LogP contribution < -0.4 is 15.4 Å². The maximum absolute atomic E-state index is 13.3. The molecule has 1 aliphatic heterocycles. The van der Waals surface area contributed by atoms with Crippen LogP contribution in [0.2, 0.25) is 0 Å². The SMILES string of the molecule is CC[C@@]1(c2ccc(OC)cc2)NC(=O)N(CC(=O)NC2C3CC4CC(C3)CC2C4)C1=O. The molecule has 0 spiro atoms. The lowest BCUT2D eigenvalue weighted by Crippen LogP contribution is -2.57. The number of imide groups is 1. The Kier molecular flexibility index (Phi) is 4.94. The number of urea groups is 1. The Morgan fingerprint density at radius 2 is 1.71 bits per heavy atom. The maximum atomic E-state index is 13.3. The number of carbonyl (C=O) groups is 3. The van der Waals surface area contributed by atoms with Crippen molar-refractivity contribution in [3.63, 3.8) is 0 Å². The van der Waals surface area contributed by atoms with Gasteiger partial charge in [-0.3, -0.25) is 14.5 Å². The first kappa shape index (κ1) is 20.3. The van der Waals surface area contributed by atoms with Crippen LogP contribution in [0.5, 0.6) is 5.75 Å². The van der Waals surface area contributed by atoms with Crippen LogP contribution in [-0.4, -0.2) is 42.4 Å². The van der Waals surface area contributed by atoms with Gasteiger partial charge >= 0.3 is 6.03 Å². The summed E-state index contributed by atoms with van der Waals surface area (Å²) in [6.45, 7) is 1.63. The summed E-state index contributed by atoms with van der Waals surface area (Å²) in [5, 5.41) is 6.05. The highest BCUT2D eigenvalue weighted by molar-refractivity contribution is 6.09. The van der Waals surface area contributed by atoms with Crippen LogP contribution in [0.1, 0.15) is 51.0 Å². The minimum atomic E-state index is -1.15. The van der Waals surface area contributed by atoms with Crippen molar-refractivity contribution in [1.82, 2.24) is 15.5 Å². The van der Waals surface area contributed by atoms with Crippen molar-refractivity contribution in [3.8, 4) is 5.75 Å². The van der Waals surface area contributed by atoms with Crippen molar-refractivity contribution >= 4 is 17.8 Å². The highest BCUT2D eigenvalue weighted by Crippen LogP contribution is 2.53. The number of hydrogen-bond donors (Lipinski definition) is 2. The van der Waals surface area contributed by atoms with Crippen LogP contribution in [0.3, 0.4) is 0 Å². The van der Waals surface area contributed by atoms with Gasteiger partial charge in [0.25, 0.3) is 5.91 Å². The molecule has 7 heteroatoms. The van der Waals surface area contributed by atoms with Gasteiger partial charge in [0.05, 0.1) is 7.11 Å². The molecule has 4 aliphatic carbocycles. The zero-order chi connectivity index (χ0) is 21.8. The molecule has 4 saturated carbocycles. The molecule has 1 aromatic rings. The van der Waals surface area contributed by atoms with Gasteiger partial charge in [-0.05, 0) is 79.9 Å². The highest BCUT2D eigenvalue weighted by Gasteiger charge is 2.52. The van der Waals surface area contributed by atoms with E-state index in [4.69, 9.17) is 4.74 Å². The predicted molar refractivity (Wildman–Crippen MR) is 114 cm³/mol. The van der Waals surface area contributed by atoms with Gasteiger partial charge in [-0.1, -0.05) is 19.1 Å². The molecule has 0 unspecified atom stereocenters. The normalized spacial score (nSPS) is 35.9. The second-order valence-electron chi connectivity index (χ2n) is 9.83. The third-order valence-corrected chi connectivity index (χ3v) is 8.14. The number of benzene rings is 1. The Bertz CT molecular complexity index is 871. The standard InChI is InChI=1S/C24H31N3O4/c1-3-24(18-4-6-19(31-2)7-5-18)22(29)27(23(30)26-24)13-20(28)25-21-16-9-14-8-15(11-16)12-17(21)10-14/h4-7,14-17,21H,3,8-13H2,1-2H3,(H,25,28)(H,26,30)/t14?,15?,16?,17?,21?,24-/m0/s1. The van der Waals surface area contributed by atoms with Gasteiger partial charge in [0.15, 0.2) is 0 Å². The van der Waals surface area contributed by atoms with Crippen LogP contribution in [0.4, 0.5) is 4.79 Å². The Morgan fingerprint density at radius 3 is 2.26 bits per heavy atom. The lowest BCUT2D eigenvalue weighted by atomic mass is 9.54. The van der Waals surface area contributed by atoms with Crippen LogP contribution in [0, 0.1) is 23.7 Å². The van der Waals surface area contributed by atoms with Gasteiger partial charge in [-0.15, -0.1) is 0 Å². The zero-order valence-electron chi connectivity index (χ0n) is 18.2. The minimum Gasteiger partial charge on any atom is -0.497 e. The summed E-state index contributed by atoms with van der Waals surface area (Å²) in [4.78, 5) is 40.0. The first-order chi connectivity index (χ1) is 14.9. The summed E-state index contributed by atoms with van der Waals surface area (Å²) in [5.74, 6) is 2.84. The third kappa shape index (κ3) is 3.29. The largest absolute Gasteiger partial charge is 0.497 e. The van der Waals surface area contributed by atoms with Gasteiger partial charge in [0.2, 0.25) is 5.91 Å². The van der Waals surface area contributed by atoms with E-state index in [9.17, 15) is 14.4 Å². The number of rotatable bonds is 6. The molecule has 4 bridgehead atoms. The van der Waals surface area contributed by atoms with Crippen molar-refractivity contribution < 1.29 is 19.1 Å². The van der Waals surface area contributed by atoms with Gasteiger partial charge < -0.3 is 15.4 Å². The van der Waals surface area contributed by atoms with E-state index >= 15 is 0 Å². The van der Waals surface area contributed by atoms with Crippen LogP contribution in [-0.2, 0) is 15.1 Å². The lowest BCUT2D eigenvalue weighted by molar-refractivity contribution is -0.136. The fourth-order valence-corrected chi connectivity index (χ4v) is 6.82. The second-order valence-corrected chi connectivity index (χ2v) is 9.83. The molecule has 1 aromatic carbocycles. The lowest BCUT2D eigenvalue weighted by Gasteiger charge is -2.54. The molecule has 31 heavy (non-hydrogen) atoms. The number of hydrogen-bond acceptors (Lipinski definition) is 4. The number of methoxy groups -OCH3 is 1. The summed E-state index contributed by atoms with van der Waals surface area (Å²) in [5.41, 5.74) is -0.454. The molecule has 1 saturated heterocycles. The summed E-state index contributed by atoms with van der Waals surface area (Å²) in [6, 6.07) is 6.81. The number of nitrogens with one attached hydrogen (secondary N) is 2. The van der Waals surface area contributed by atoms with Gasteiger partial charge in [0, 0.05) is 6.04 Å². The Balaban J connectivity index is 1.28. The van der Waals surface area contributed by atoms with E-state index in [1.54, 1.807) is 31.4 Å². The highest BCUT2D eigenvalue weighted by atomic mass is 16.5. The van der Waals surface area contributed by atoms with Gasteiger partial charge in [-0.2, -0.15) is 0 Å². The summed E-state index contributed by atoms with van der Waals surface area (Å²) in [6.07, 6.45) is 6.59. The quantitative estimate of drug-likeness (QED) is 0.686. The summed E-state index contributed by atoms with van der Waals surface area (Å²) in [7, 11) is 1.58. The zero-order valence-corrected chi connectivity index (χ0v) is 18.2. The number of carbonyl (C=O) groups excluding carboxylic acids is 3. The fourth-order valence-electron chi connectivity index (χ4n) is 6.82. The molecular formula is C24H31N3O4. The van der Waals surface area contributed by atoms with Crippen molar-refractivity contribution in [2.45, 2.75) is 57.0 Å². The molecule has 1 heterocycles. The van der Waals surface area contributed by atoms with E-state index in [-0.39, 0.29) is 24.4 Å². The van der Waals surface area contributed by atoms with E-state index in [2.05, 4.69) is 10.6 Å². The molecular weight excluding hydrogens is 394 g/mol. The first-order valence-electron chi connectivity index (χ1n) is 11.5. The van der Waals surface area contributed by atoms with Crippen molar-refractivity contribution in [1.29, 1.82) is 0 Å². The van der Waals surface area contributed by atoms with Gasteiger partial charge in [-0.25, -0.2) is 4.79 Å². The Hall–Kier alpha value is -2.57. The average molecular weight is 426 g/mol. The van der Waals surface area contributed by atoms with Crippen molar-refractivity contribution in [2.24, 2.45) is 23.7 Å². The first-order valence-corrected chi connectivity index (χ1v) is 11.5. The molecule has 5 aliphatic rings. The molecule has 0 aromatic heterocycles. The van der Waals surface area contributed by atoms with E-state index in [1.165, 1.54) is 32.1 Å². The van der Waals surface area contributed by atoms with E-state index in [0.29, 0.717) is 29.6 Å². The molecule has 6 rings (SSSR count). The maximum Gasteiger partial charge on any atom is 0.325 e. The smallest absolute Gasteiger partial charge is 0.325 e. The predicted octanol–water partition coefficient (Wildman–Crippen LogP) is 2.79. The number of nitrogens with zero attached hydrogens (tertiary/aromatic N) is 1. The minimum absolute atomic E-state index is 0.193. The molecule has 2 N–H and O–H groups in total. The second kappa shape index (κ2) is 7.53. The summed E-state index contributed by atoms with van der Waals surface area (Å²) < 4.78 is 5.20. The molecule has 5 fully saturated rings. The molecule has 0 radical (unpaired) electrons. The number of ether oxygens (including phenoxy) is 1. The average Bonchev–Trinajstić information content (AvgIpc) is 3.01. The molecule has 166 valence electrons. The molecule has 4 amide bonds. The van der Waals surface area contributed by atoms with Crippen molar-refractivity contribution in [2.75, 3.05) is 13.7 Å². The van der Waals surface area contributed by atoms with Crippen LogP contribution in [0.15, 0.2) is 24.3 Å². The summed E-state index contributed by atoms with van der Waals surface area (Å²) >= 11 is 0. The third-order valence-electron chi connectivity index (χ3n) is 8.14. The van der Waals surface area contributed by atoms with Crippen LogP contribution in [0.25, 0.3) is 0 Å². The van der Waals surface area contributed by atoms with E-state index in [0.717, 1.165) is 16.7 Å². The topological polar surface area (TPSA) is 87.7 Å². The van der Waals surface area contributed by atoms with E-state index in [1.807, 2.05) is 6.92 Å². The Labute approximate surface area is 182 Å². The van der Waals surface area contributed by atoms with Crippen molar-refractivity contribution in [3.05, 3.63) is 29.8 Å². The Morgan fingerprint density at radius 1 is 1.10 bits per heavy atom. The number of amides is 4. The molecule has 7 nitrogen and oxygen atoms in total. The van der Waals surface area contributed by atoms with Crippen LogP contribution >= 0.6 is 0 Å². The van der Waals surface area contributed by atoms with Gasteiger partial charge in [0.1, 0.15) is 17.8 Å². The molecule has 1 atom stereocenters. The fraction of sp³-hybridized carbons (Fsp3) is 0.625. The van der Waals surface area contributed by atoms with E-state index < -0.39 is 11.6 Å².